The summed E-state index contributed by atoms with van der Waals surface area (Å²) >= 11 is 5.87. The summed E-state index contributed by atoms with van der Waals surface area (Å²) in [6, 6.07) is 3.81. The van der Waals surface area contributed by atoms with Gasteiger partial charge >= 0.3 is 0 Å². The van der Waals surface area contributed by atoms with E-state index in [9.17, 15) is 9.18 Å². The van der Waals surface area contributed by atoms with Crippen LogP contribution in [0.2, 0.25) is 5.02 Å². The molecule has 1 unspecified atom stereocenters. The zero-order valence-corrected chi connectivity index (χ0v) is 12.9. The molecule has 1 fully saturated rings. The van der Waals surface area contributed by atoms with Gasteiger partial charge in [0.2, 0.25) is 0 Å². The van der Waals surface area contributed by atoms with Crippen LogP contribution >= 0.6 is 24.0 Å². The largest absolute Gasteiger partial charge is 0.351 e. The fourth-order valence-electron chi connectivity index (χ4n) is 2.33. The minimum absolute atomic E-state index is 0. The van der Waals surface area contributed by atoms with Crippen molar-refractivity contribution < 1.29 is 9.18 Å². The van der Waals surface area contributed by atoms with Gasteiger partial charge in [-0.2, -0.15) is 0 Å². The molecule has 1 saturated heterocycles. The van der Waals surface area contributed by atoms with E-state index in [4.69, 9.17) is 11.6 Å². The minimum atomic E-state index is -0.440. The molecule has 0 bridgehead atoms. The lowest BCUT2D eigenvalue weighted by Crippen LogP contribution is -2.45. The van der Waals surface area contributed by atoms with Crippen molar-refractivity contribution in [2.75, 3.05) is 19.6 Å². The van der Waals surface area contributed by atoms with E-state index in [1.807, 2.05) is 0 Å². The van der Waals surface area contributed by atoms with Crippen LogP contribution in [0.1, 0.15) is 30.1 Å². The average molecular weight is 321 g/mol. The van der Waals surface area contributed by atoms with Crippen LogP contribution in [0.4, 0.5) is 4.39 Å². The van der Waals surface area contributed by atoms with E-state index in [0.29, 0.717) is 12.1 Å². The quantitative estimate of drug-likeness (QED) is 0.898. The molecule has 1 aromatic rings. The second kappa shape index (κ2) is 7.25. The van der Waals surface area contributed by atoms with Crippen LogP contribution in [0.3, 0.4) is 0 Å². The molecule has 0 radical (unpaired) electrons. The smallest absolute Gasteiger partial charge is 0.252 e. The monoisotopic (exact) mass is 320 g/mol. The summed E-state index contributed by atoms with van der Waals surface area (Å²) in [5, 5.41) is 6.36. The maximum atomic E-state index is 12.9. The van der Waals surface area contributed by atoms with Crippen molar-refractivity contribution in [1.29, 1.82) is 0 Å². The summed E-state index contributed by atoms with van der Waals surface area (Å²) < 4.78 is 12.9. The van der Waals surface area contributed by atoms with Crippen molar-refractivity contribution in [3.05, 3.63) is 34.6 Å². The highest BCUT2D eigenvalue weighted by molar-refractivity contribution is 6.33. The van der Waals surface area contributed by atoms with Crippen molar-refractivity contribution in [3.8, 4) is 0 Å². The number of piperidine rings is 1. The van der Waals surface area contributed by atoms with Crippen molar-refractivity contribution in [2.24, 2.45) is 5.41 Å². The second-order valence-corrected chi connectivity index (χ2v) is 5.81. The molecular formula is C14H19Cl2FN2O. The molecule has 0 aromatic heterocycles. The van der Waals surface area contributed by atoms with Crippen molar-refractivity contribution in [1.82, 2.24) is 10.6 Å². The summed E-state index contributed by atoms with van der Waals surface area (Å²) in [5.74, 6) is -0.693. The topological polar surface area (TPSA) is 41.1 Å². The second-order valence-electron chi connectivity index (χ2n) is 5.40. The van der Waals surface area contributed by atoms with E-state index < -0.39 is 5.82 Å². The molecule has 0 saturated carbocycles. The summed E-state index contributed by atoms with van der Waals surface area (Å²) in [7, 11) is 0. The average Bonchev–Trinajstić information content (AvgIpc) is 2.37. The number of carbonyl (C=O) groups is 1. The minimum Gasteiger partial charge on any atom is -0.351 e. The molecule has 2 N–H and O–H groups in total. The maximum absolute atomic E-state index is 12.9. The molecule has 112 valence electrons. The third-order valence-electron chi connectivity index (χ3n) is 3.54. The van der Waals surface area contributed by atoms with E-state index in [0.717, 1.165) is 32.0 Å². The van der Waals surface area contributed by atoms with Gasteiger partial charge in [0.05, 0.1) is 10.6 Å². The Morgan fingerprint density at radius 1 is 1.55 bits per heavy atom. The summed E-state index contributed by atoms with van der Waals surface area (Å²) in [6.07, 6.45) is 2.20. The molecule has 0 spiro atoms. The number of carbonyl (C=O) groups excluding carboxylic acids is 1. The lowest BCUT2D eigenvalue weighted by Gasteiger charge is -2.34. The van der Waals surface area contributed by atoms with Crippen LogP contribution in [0.25, 0.3) is 0 Å². The third kappa shape index (κ3) is 4.33. The summed E-state index contributed by atoms with van der Waals surface area (Å²) in [4.78, 5) is 12.0. The van der Waals surface area contributed by atoms with Gasteiger partial charge in [0.15, 0.2) is 0 Å². The van der Waals surface area contributed by atoms with Crippen LogP contribution in [-0.4, -0.2) is 25.5 Å². The van der Waals surface area contributed by atoms with Gasteiger partial charge in [0.25, 0.3) is 5.91 Å². The van der Waals surface area contributed by atoms with Crippen LogP contribution in [0.15, 0.2) is 18.2 Å². The van der Waals surface area contributed by atoms with E-state index in [1.54, 1.807) is 0 Å². The molecule has 20 heavy (non-hydrogen) atoms. The lowest BCUT2D eigenvalue weighted by atomic mass is 9.83. The Bertz CT molecular complexity index is 476. The molecular weight excluding hydrogens is 302 g/mol. The van der Waals surface area contributed by atoms with Gasteiger partial charge < -0.3 is 10.6 Å². The van der Waals surface area contributed by atoms with Gasteiger partial charge in [-0.15, -0.1) is 12.4 Å². The van der Waals surface area contributed by atoms with Gasteiger partial charge in [0, 0.05) is 13.1 Å². The SMILES string of the molecule is CC1(CNC(=O)c2ccc(F)cc2Cl)CCCNC1.Cl. The number of rotatable bonds is 3. The standard InChI is InChI=1S/C14H18ClFN2O.ClH/c1-14(5-2-6-17-8-14)9-18-13(19)11-4-3-10(16)7-12(11)15;/h3-4,7,17H,2,5-6,8-9H2,1H3,(H,18,19);1H. The first kappa shape index (κ1) is 17.2. The van der Waals surface area contributed by atoms with Gasteiger partial charge in [-0.25, -0.2) is 4.39 Å². The highest BCUT2D eigenvalue weighted by Gasteiger charge is 2.27. The molecule has 1 aromatic carbocycles. The molecule has 1 heterocycles. The Balaban J connectivity index is 0.00000200. The number of benzene rings is 1. The summed E-state index contributed by atoms with van der Waals surface area (Å²) in [5.41, 5.74) is 0.385. The molecule has 6 heteroatoms. The van der Waals surface area contributed by atoms with E-state index in [-0.39, 0.29) is 28.8 Å². The fourth-order valence-corrected chi connectivity index (χ4v) is 2.59. The number of hydrogen-bond donors (Lipinski definition) is 2. The highest BCUT2D eigenvalue weighted by atomic mass is 35.5. The Morgan fingerprint density at radius 3 is 2.90 bits per heavy atom. The molecule has 0 aliphatic carbocycles. The molecule has 1 amide bonds. The van der Waals surface area contributed by atoms with E-state index in [1.165, 1.54) is 12.1 Å². The third-order valence-corrected chi connectivity index (χ3v) is 3.85. The van der Waals surface area contributed by atoms with Crippen LogP contribution < -0.4 is 10.6 Å². The number of hydrogen-bond acceptors (Lipinski definition) is 2. The first-order chi connectivity index (χ1) is 9.00. The first-order valence-corrected chi connectivity index (χ1v) is 6.82. The van der Waals surface area contributed by atoms with Crippen LogP contribution in [0.5, 0.6) is 0 Å². The zero-order chi connectivity index (χ0) is 13.9. The summed E-state index contributed by atoms with van der Waals surface area (Å²) in [6.45, 7) is 4.66. The van der Waals surface area contributed by atoms with Gasteiger partial charge in [-0.1, -0.05) is 18.5 Å². The van der Waals surface area contributed by atoms with Crippen molar-refractivity contribution in [2.45, 2.75) is 19.8 Å². The Hall–Kier alpha value is -0.840. The van der Waals surface area contributed by atoms with Crippen LogP contribution in [0, 0.1) is 11.2 Å². The van der Waals surface area contributed by atoms with Crippen molar-refractivity contribution in [3.63, 3.8) is 0 Å². The molecule has 1 aliphatic rings. The Labute approximate surface area is 129 Å². The lowest BCUT2D eigenvalue weighted by molar-refractivity contribution is 0.0925. The number of nitrogens with one attached hydrogen (secondary N) is 2. The molecule has 2 rings (SSSR count). The molecule has 3 nitrogen and oxygen atoms in total. The molecule has 1 atom stereocenters. The van der Waals surface area contributed by atoms with Crippen LogP contribution in [-0.2, 0) is 0 Å². The van der Waals surface area contributed by atoms with Gasteiger partial charge in [-0.3, -0.25) is 4.79 Å². The number of halogens is 3. The highest BCUT2D eigenvalue weighted by Crippen LogP contribution is 2.24. The maximum Gasteiger partial charge on any atom is 0.252 e. The van der Waals surface area contributed by atoms with E-state index in [2.05, 4.69) is 17.6 Å². The van der Waals surface area contributed by atoms with Crippen molar-refractivity contribution >= 4 is 29.9 Å². The predicted molar refractivity (Wildman–Crippen MR) is 81.2 cm³/mol. The Kier molecular flexibility index (Phi) is 6.24. The van der Waals surface area contributed by atoms with Gasteiger partial charge in [0.1, 0.15) is 5.82 Å². The first-order valence-electron chi connectivity index (χ1n) is 6.44. The normalized spacial score (nSPS) is 21.9. The predicted octanol–water partition coefficient (Wildman–Crippen LogP) is 3.02. The Morgan fingerprint density at radius 2 is 2.30 bits per heavy atom. The van der Waals surface area contributed by atoms with E-state index >= 15 is 0 Å². The fraction of sp³-hybridized carbons (Fsp3) is 0.500. The zero-order valence-electron chi connectivity index (χ0n) is 11.3. The number of amides is 1. The van der Waals surface area contributed by atoms with Gasteiger partial charge in [-0.05, 0) is 43.0 Å². The molecule has 1 aliphatic heterocycles.